The SMILES string of the molecule is COc1cc2c(cc1OC)C(/C=C/c1ccccc1)=NN(C(C)=O)C(C)C2. The number of carbonyl (C=O) groups excluding carboxylic acids is 1. The molecule has 0 saturated heterocycles. The Labute approximate surface area is 159 Å². The third-order valence-electron chi connectivity index (χ3n) is 4.59. The molecule has 1 amide bonds. The Balaban J connectivity index is 2.13. The van der Waals surface area contributed by atoms with Gasteiger partial charge in [0.2, 0.25) is 5.91 Å². The first-order chi connectivity index (χ1) is 13.0. The smallest absolute Gasteiger partial charge is 0.239 e. The largest absolute Gasteiger partial charge is 0.493 e. The predicted molar refractivity (Wildman–Crippen MR) is 107 cm³/mol. The number of rotatable bonds is 4. The van der Waals surface area contributed by atoms with Crippen molar-refractivity contribution in [2.24, 2.45) is 5.10 Å². The Morgan fingerprint density at radius 2 is 1.78 bits per heavy atom. The standard InChI is InChI=1S/C22H24N2O3/c1-15-12-18-13-21(26-3)22(27-4)14-19(18)20(23-24(15)16(2)25)11-10-17-8-6-5-7-9-17/h5-11,13-15H,12H2,1-4H3/b11-10+. The second kappa shape index (κ2) is 8.08. The fourth-order valence-electron chi connectivity index (χ4n) is 3.24. The van der Waals surface area contributed by atoms with Gasteiger partial charge in [-0.25, -0.2) is 5.01 Å². The summed E-state index contributed by atoms with van der Waals surface area (Å²) in [5, 5.41) is 6.21. The van der Waals surface area contributed by atoms with Crippen molar-refractivity contribution >= 4 is 17.7 Å². The van der Waals surface area contributed by atoms with Gasteiger partial charge in [-0.3, -0.25) is 4.79 Å². The molecule has 1 aliphatic rings. The number of methoxy groups -OCH3 is 2. The van der Waals surface area contributed by atoms with Crippen LogP contribution in [0.5, 0.6) is 11.5 Å². The zero-order valence-corrected chi connectivity index (χ0v) is 16.1. The normalized spacial score (nSPS) is 16.5. The number of nitrogens with zero attached hydrogens (tertiary/aromatic N) is 2. The van der Waals surface area contributed by atoms with E-state index in [0.717, 1.165) is 16.7 Å². The first-order valence-corrected chi connectivity index (χ1v) is 8.90. The summed E-state index contributed by atoms with van der Waals surface area (Å²) in [5.74, 6) is 1.23. The number of amides is 1. The highest BCUT2D eigenvalue weighted by atomic mass is 16.5. The molecule has 140 valence electrons. The highest BCUT2D eigenvalue weighted by Gasteiger charge is 2.25. The molecule has 5 heteroatoms. The average molecular weight is 364 g/mol. The highest BCUT2D eigenvalue weighted by Crippen LogP contribution is 2.33. The lowest BCUT2D eigenvalue weighted by Gasteiger charge is -2.21. The Hall–Kier alpha value is -3.08. The number of hydrazone groups is 1. The fraction of sp³-hybridized carbons (Fsp3) is 0.273. The van der Waals surface area contributed by atoms with Gasteiger partial charge in [0.25, 0.3) is 0 Å². The van der Waals surface area contributed by atoms with Gasteiger partial charge in [-0.05, 0) is 42.7 Å². The van der Waals surface area contributed by atoms with E-state index in [9.17, 15) is 4.79 Å². The number of hydrogen-bond acceptors (Lipinski definition) is 4. The van der Waals surface area contributed by atoms with E-state index in [1.165, 1.54) is 6.92 Å². The van der Waals surface area contributed by atoms with E-state index in [1.54, 1.807) is 19.2 Å². The molecular formula is C22H24N2O3. The molecule has 0 N–H and O–H groups in total. The fourth-order valence-corrected chi connectivity index (χ4v) is 3.24. The second-order valence-electron chi connectivity index (χ2n) is 6.51. The number of carbonyl (C=O) groups is 1. The van der Waals surface area contributed by atoms with Crippen LogP contribution in [-0.4, -0.2) is 36.9 Å². The van der Waals surface area contributed by atoms with E-state index >= 15 is 0 Å². The molecule has 0 fully saturated rings. The molecule has 27 heavy (non-hydrogen) atoms. The minimum absolute atomic E-state index is 0.0537. The van der Waals surface area contributed by atoms with Crippen molar-refractivity contribution in [3.05, 3.63) is 65.2 Å². The molecule has 2 aromatic carbocycles. The van der Waals surface area contributed by atoms with Crippen molar-refractivity contribution in [1.29, 1.82) is 0 Å². The van der Waals surface area contributed by atoms with Gasteiger partial charge < -0.3 is 9.47 Å². The summed E-state index contributed by atoms with van der Waals surface area (Å²) in [5.41, 5.74) is 3.79. The number of ether oxygens (including phenoxy) is 2. The Morgan fingerprint density at radius 3 is 2.41 bits per heavy atom. The zero-order valence-electron chi connectivity index (χ0n) is 16.1. The molecule has 0 radical (unpaired) electrons. The van der Waals surface area contributed by atoms with E-state index in [0.29, 0.717) is 23.6 Å². The molecule has 1 aliphatic heterocycles. The van der Waals surface area contributed by atoms with Crippen molar-refractivity contribution in [3.8, 4) is 11.5 Å². The number of hydrogen-bond donors (Lipinski definition) is 0. The summed E-state index contributed by atoms with van der Waals surface area (Å²) in [4.78, 5) is 12.1. The summed E-state index contributed by atoms with van der Waals surface area (Å²) < 4.78 is 10.9. The quantitative estimate of drug-likeness (QED) is 0.826. The summed E-state index contributed by atoms with van der Waals surface area (Å²) in [6.07, 6.45) is 4.61. The molecule has 0 aliphatic carbocycles. The van der Waals surface area contributed by atoms with Gasteiger partial charge in [-0.15, -0.1) is 0 Å². The van der Waals surface area contributed by atoms with Gasteiger partial charge in [0.1, 0.15) is 0 Å². The Kier molecular flexibility index (Phi) is 5.60. The van der Waals surface area contributed by atoms with E-state index in [1.807, 2.05) is 61.5 Å². The van der Waals surface area contributed by atoms with Crippen LogP contribution in [0.15, 0.2) is 53.6 Å². The molecule has 5 nitrogen and oxygen atoms in total. The molecule has 3 rings (SSSR count). The predicted octanol–water partition coefficient (Wildman–Crippen LogP) is 3.91. The number of allylic oxidation sites excluding steroid dienone is 1. The molecule has 1 unspecified atom stereocenters. The van der Waals surface area contributed by atoms with Gasteiger partial charge in [0.05, 0.1) is 26.0 Å². The highest BCUT2D eigenvalue weighted by molar-refractivity contribution is 6.12. The number of fused-ring (bicyclic) bond motifs is 1. The van der Waals surface area contributed by atoms with Crippen LogP contribution in [0.4, 0.5) is 0 Å². The lowest BCUT2D eigenvalue weighted by Crippen LogP contribution is -2.33. The third kappa shape index (κ3) is 4.03. The summed E-state index contributed by atoms with van der Waals surface area (Å²) >= 11 is 0. The topological polar surface area (TPSA) is 51.1 Å². The lowest BCUT2D eigenvalue weighted by atomic mass is 9.96. The summed E-state index contributed by atoms with van der Waals surface area (Å²) in [6.45, 7) is 3.53. The summed E-state index contributed by atoms with van der Waals surface area (Å²) in [6, 6.07) is 13.8. The molecule has 2 aromatic rings. The van der Waals surface area contributed by atoms with Gasteiger partial charge in [0, 0.05) is 12.5 Å². The van der Waals surface area contributed by atoms with Gasteiger partial charge in [0.15, 0.2) is 11.5 Å². The molecule has 1 heterocycles. The maximum Gasteiger partial charge on any atom is 0.239 e. The maximum atomic E-state index is 12.1. The lowest BCUT2D eigenvalue weighted by molar-refractivity contribution is -0.130. The van der Waals surface area contributed by atoms with Crippen LogP contribution in [-0.2, 0) is 11.2 Å². The van der Waals surface area contributed by atoms with Gasteiger partial charge in [-0.2, -0.15) is 5.10 Å². The monoisotopic (exact) mass is 364 g/mol. The van der Waals surface area contributed by atoms with Crippen LogP contribution in [0, 0.1) is 0 Å². The second-order valence-corrected chi connectivity index (χ2v) is 6.51. The molecular weight excluding hydrogens is 340 g/mol. The molecule has 0 spiro atoms. The molecule has 0 bridgehead atoms. The van der Waals surface area contributed by atoms with E-state index < -0.39 is 0 Å². The van der Waals surface area contributed by atoms with Crippen molar-refractivity contribution in [2.45, 2.75) is 26.3 Å². The average Bonchev–Trinajstić information content (AvgIpc) is 2.81. The van der Waals surface area contributed by atoms with Crippen LogP contribution in [0.2, 0.25) is 0 Å². The minimum atomic E-state index is -0.0835. The van der Waals surface area contributed by atoms with Crippen molar-refractivity contribution in [2.75, 3.05) is 14.2 Å². The molecule has 0 saturated carbocycles. The van der Waals surface area contributed by atoms with Crippen LogP contribution >= 0.6 is 0 Å². The first-order valence-electron chi connectivity index (χ1n) is 8.90. The van der Waals surface area contributed by atoms with Crippen LogP contribution in [0.3, 0.4) is 0 Å². The minimum Gasteiger partial charge on any atom is -0.493 e. The molecule has 0 aromatic heterocycles. The van der Waals surface area contributed by atoms with Crippen LogP contribution in [0.1, 0.15) is 30.5 Å². The first kappa shape index (κ1) is 18.7. The van der Waals surface area contributed by atoms with E-state index in [-0.39, 0.29) is 11.9 Å². The third-order valence-corrected chi connectivity index (χ3v) is 4.59. The maximum absolute atomic E-state index is 12.1. The Morgan fingerprint density at radius 1 is 1.11 bits per heavy atom. The van der Waals surface area contributed by atoms with Gasteiger partial charge in [-0.1, -0.05) is 36.4 Å². The molecule has 1 atom stereocenters. The van der Waals surface area contributed by atoms with Crippen LogP contribution < -0.4 is 9.47 Å². The van der Waals surface area contributed by atoms with Crippen LogP contribution in [0.25, 0.3) is 6.08 Å². The van der Waals surface area contributed by atoms with Crippen molar-refractivity contribution in [3.63, 3.8) is 0 Å². The van der Waals surface area contributed by atoms with Crippen molar-refractivity contribution in [1.82, 2.24) is 5.01 Å². The van der Waals surface area contributed by atoms with Crippen molar-refractivity contribution < 1.29 is 14.3 Å². The summed E-state index contributed by atoms with van der Waals surface area (Å²) in [7, 11) is 3.23. The van der Waals surface area contributed by atoms with Gasteiger partial charge >= 0.3 is 0 Å². The van der Waals surface area contributed by atoms with E-state index in [2.05, 4.69) is 5.10 Å². The number of benzene rings is 2. The van der Waals surface area contributed by atoms with E-state index in [4.69, 9.17) is 9.47 Å². The zero-order chi connectivity index (χ0) is 19.4. The Bertz CT molecular complexity index is 888.